The summed E-state index contributed by atoms with van der Waals surface area (Å²) in [7, 11) is 0. The lowest BCUT2D eigenvalue weighted by atomic mass is 10.2. The number of nitrogens with zero attached hydrogens (tertiary/aromatic N) is 5. The van der Waals surface area contributed by atoms with Gasteiger partial charge in [0.2, 0.25) is 0 Å². The molecule has 3 aromatic rings. The molecule has 0 fully saturated rings. The summed E-state index contributed by atoms with van der Waals surface area (Å²) >= 11 is 1.66. The van der Waals surface area contributed by atoms with E-state index in [0.29, 0.717) is 6.54 Å². The van der Waals surface area contributed by atoms with Crippen molar-refractivity contribution in [2.75, 3.05) is 11.9 Å². The highest BCUT2D eigenvalue weighted by atomic mass is 32.1. The minimum Gasteiger partial charge on any atom is -0.394 e. The van der Waals surface area contributed by atoms with Gasteiger partial charge in [-0.15, -0.1) is 11.3 Å². The average molecular weight is 332 g/mol. The highest BCUT2D eigenvalue weighted by Gasteiger charge is 2.12. The molecular weight excluding hydrogens is 312 g/mol. The van der Waals surface area contributed by atoms with E-state index in [0.717, 1.165) is 29.4 Å². The number of anilines is 1. The predicted octanol–water partition coefficient (Wildman–Crippen LogP) is 2.09. The maximum absolute atomic E-state index is 9.24. The van der Waals surface area contributed by atoms with E-state index < -0.39 is 0 Å². The van der Waals surface area contributed by atoms with Crippen LogP contribution >= 0.6 is 11.3 Å². The van der Waals surface area contributed by atoms with Gasteiger partial charge in [-0.2, -0.15) is 10.2 Å². The first-order valence-electron chi connectivity index (χ1n) is 7.58. The molecule has 0 saturated heterocycles. The van der Waals surface area contributed by atoms with Gasteiger partial charge in [-0.3, -0.25) is 4.68 Å². The van der Waals surface area contributed by atoms with E-state index in [2.05, 4.69) is 27.4 Å². The summed E-state index contributed by atoms with van der Waals surface area (Å²) in [6.07, 6.45) is 4.18. The first kappa shape index (κ1) is 15.7. The molecule has 0 aromatic carbocycles. The van der Waals surface area contributed by atoms with Crippen molar-refractivity contribution >= 4 is 17.2 Å². The molecule has 0 amide bonds. The van der Waals surface area contributed by atoms with Gasteiger partial charge < -0.3 is 10.4 Å². The Morgan fingerprint density at radius 3 is 3.00 bits per heavy atom. The molecule has 0 radical (unpaired) electrons. The lowest BCUT2D eigenvalue weighted by Crippen LogP contribution is -2.20. The van der Waals surface area contributed by atoms with Crippen LogP contribution in [-0.2, 0) is 13.1 Å². The average Bonchev–Trinajstić information content (AvgIpc) is 3.28. The maximum Gasteiger partial charge on any atom is 0.137 e. The van der Waals surface area contributed by atoms with E-state index in [1.807, 2.05) is 32.9 Å². The Labute approximate surface area is 138 Å². The topological polar surface area (TPSA) is 80.8 Å². The van der Waals surface area contributed by atoms with Crippen LogP contribution in [0.5, 0.6) is 0 Å². The normalized spacial score (nSPS) is 12.4. The summed E-state index contributed by atoms with van der Waals surface area (Å²) < 4.78 is 3.64. The molecule has 7 nitrogen and oxygen atoms in total. The first-order valence-corrected chi connectivity index (χ1v) is 8.46. The zero-order chi connectivity index (χ0) is 16.1. The Morgan fingerprint density at radius 1 is 1.39 bits per heavy atom. The number of aliphatic hydroxyl groups is 1. The molecule has 3 aromatic heterocycles. The first-order chi connectivity index (χ1) is 11.3. The Hall–Kier alpha value is -2.19. The minimum atomic E-state index is 0.0631. The van der Waals surface area contributed by atoms with Crippen LogP contribution in [0.2, 0.25) is 0 Å². The molecule has 0 bridgehead atoms. The highest BCUT2D eigenvalue weighted by molar-refractivity contribution is 7.13. The van der Waals surface area contributed by atoms with Gasteiger partial charge in [0.15, 0.2) is 0 Å². The van der Waals surface area contributed by atoms with Crippen LogP contribution in [-0.4, -0.2) is 42.3 Å². The fraction of sp³-hybridized carbons (Fsp3) is 0.400. The zero-order valence-corrected chi connectivity index (χ0v) is 13.8. The lowest BCUT2D eigenvalue weighted by Gasteiger charge is -2.15. The maximum atomic E-state index is 9.24. The Kier molecular flexibility index (Phi) is 5.04. The van der Waals surface area contributed by atoms with Crippen LogP contribution in [0.4, 0.5) is 5.82 Å². The van der Waals surface area contributed by atoms with Gasteiger partial charge in [-0.05, 0) is 24.8 Å². The Morgan fingerprint density at radius 2 is 2.30 bits per heavy atom. The van der Waals surface area contributed by atoms with E-state index in [1.54, 1.807) is 24.0 Å². The third-order valence-corrected chi connectivity index (χ3v) is 4.41. The monoisotopic (exact) mass is 332 g/mol. The second-order valence-electron chi connectivity index (χ2n) is 5.33. The van der Waals surface area contributed by atoms with Gasteiger partial charge in [-0.25, -0.2) is 9.67 Å². The van der Waals surface area contributed by atoms with Crippen molar-refractivity contribution in [3.63, 3.8) is 0 Å². The summed E-state index contributed by atoms with van der Waals surface area (Å²) in [5.74, 6) is 0.925. The molecular formula is C15H20N6OS. The van der Waals surface area contributed by atoms with Crippen molar-refractivity contribution in [3.05, 3.63) is 36.2 Å². The van der Waals surface area contributed by atoms with Gasteiger partial charge in [-0.1, -0.05) is 6.07 Å². The third-order valence-electron chi connectivity index (χ3n) is 3.52. The van der Waals surface area contributed by atoms with Gasteiger partial charge in [0, 0.05) is 18.7 Å². The summed E-state index contributed by atoms with van der Waals surface area (Å²) in [6.45, 7) is 3.47. The van der Waals surface area contributed by atoms with Crippen molar-refractivity contribution < 1.29 is 5.11 Å². The van der Waals surface area contributed by atoms with Crippen LogP contribution < -0.4 is 5.32 Å². The summed E-state index contributed by atoms with van der Waals surface area (Å²) in [4.78, 5) is 5.07. The summed E-state index contributed by atoms with van der Waals surface area (Å²) in [5.41, 5.74) is 0.930. The summed E-state index contributed by atoms with van der Waals surface area (Å²) in [5, 5.41) is 23.4. The molecule has 0 aliphatic carbocycles. The molecule has 0 spiro atoms. The van der Waals surface area contributed by atoms with E-state index >= 15 is 0 Å². The SMILES string of the molecule is CC(CCn1cncn1)Nc1cc(-c2cccs2)nn1CCO. The molecule has 3 heterocycles. The predicted molar refractivity (Wildman–Crippen MR) is 90.3 cm³/mol. The van der Waals surface area contributed by atoms with Crippen LogP contribution in [0.1, 0.15) is 13.3 Å². The number of thiophene rings is 1. The highest BCUT2D eigenvalue weighted by Crippen LogP contribution is 2.26. The molecule has 2 N–H and O–H groups in total. The molecule has 1 atom stereocenters. The number of nitrogens with one attached hydrogen (secondary N) is 1. The van der Waals surface area contributed by atoms with Crippen molar-refractivity contribution in [3.8, 4) is 10.6 Å². The van der Waals surface area contributed by atoms with Crippen LogP contribution in [0.3, 0.4) is 0 Å². The van der Waals surface area contributed by atoms with Gasteiger partial charge in [0.05, 0.1) is 18.0 Å². The van der Waals surface area contributed by atoms with Crippen molar-refractivity contribution in [1.82, 2.24) is 24.5 Å². The van der Waals surface area contributed by atoms with E-state index in [1.165, 1.54) is 0 Å². The van der Waals surface area contributed by atoms with Crippen molar-refractivity contribution in [1.29, 1.82) is 0 Å². The third kappa shape index (κ3) is 3.96. The number of hydrogen-bond donors (Lipinski definition) is 2. The number of aliphatic hydroxyl groups excluding tert-OH is 1. The minimum absolute atomic E-state index is 0.0631. The van der Waals surface area contributed by atoms with Gasteiger partial charge in [0.1, 0.15) is 24.2 Å². The second-order valence-corrected chi connectivity index (χ2v) is 6.28. The molecule has 0 saturated carbocycles. The quantitative estimate of drug-likeness (QED) is 0.660. The number of rotatable bonds is 8. The van der Waals surface area contributed by atoms with Gasteiger partial charge >= 0.3 is 0 Å². The second kappa shape index (κ2) is 7.38. The molecule has 1 unspecified atom stereocenters. The van der Waals surface area contributed by atoms with E-state index in [9.17, 15) is 5.11 Å². The van der Waals surface area contributed by atoms with Crippen molar-refractivity contribution in [2.24, 2.45) is 0 Å². The van der Waals surface area contributed by atoms with Gasteiger partial charge in [0.25, 0.3) is 0 Å². The fourth-order valence-corrected chi connectivity index (χ4v) is 3.02. The fourth-order valence-electron chi connectivity index (χ4n) is 2.34. The van der Waals surface area contributed by atoms with Crippen LogP contribution in [0, 0.1) is 0 Å². The number of aromatic nitrogens is 5. The zero-order valence-electron chi connectivity index (χ0n) is 13.0. The molecule has 8 heteroatoms. The Balaban J connectivity index is 1.67. The Bertz CT molecular complexity index is 707. The molecule has 3 rings (SSSR count). The number of hydrogen-bond acceptors (Lipinski definition) is 6. The number of aryl methyl sites for hydroxylation is 1. The van der Waals surface area contributed by atoms with Crippen LogP contribution in [0.15, 0.2) is 36.2 Å². The van der Waals surface area contributed by atoms with Crippen LogP contribution in [0.25, 0.3) is 10.6 Å². The van der Waals surface area contributed by atoms with Crippen molar-refractivity contribution in [2.45, 2.75) is 32.5 Å². The lowest BCUT2D eigenvalue weighted by molar-refractivity contribution is 0.270. The summed E-state index contributed by atoms with van der Waals surface area (Å²) in [6, 6.07) is 6.35. The molecule has 23 heavy (non-hydrogen) atoms. The standard InChI is InChI=1S/C15H20N6OS/c1-12(4-5-20-11-16-10-17-20)18-15-9-13(14-3-2-8-23-14)19-21(15)6-7-22/h2-3,8-12,18,22H,4-7H2,1H3. The largest absolute Gasteiger partial charge is 0.394 e. The van der Waals surface area contributed by atoms with E-state index in [4.69, 9.17) is 0 Å². The molecule has 122 valence electrons. The molecule has 0 aliphatic heterocycles. The van der Waals surface area contributed by atoms with E-state index in [-0.39, 0.29) is 12.6 Å². The smallest absolute Gasteiger partial charge is 0.137 e. The molecule has 0 aliphatic rings.